The molecule has 2 aromatic rings. The summed E-state index contributed by atoms with van der Waals surface area (Å²) in [6.45, 7) is -0.176. The highest BCUT2D eigenvalue weighted by atomic mass is 32.2. The Kier molecular flexibility index (Phi) is 6.62. The second-order valence-electron chi connectivity index (χ2n) is 5.58. The minimum atomic E-state index is -3.74. The fourth-order valence-electron chi connectivity index (χ4n) is 2.55. The molecule has 0 saturated carbocycles. The normalized spacial score (nSPS) is 11.0. The number of ether oxygens (including phenoxy) is 2. The lowest BCUT2D eigenvalue weighted by atomic mass is 10.1. The van der Waals surface area contributed by atoms with Crippen LogP contribution in [0, 0.1) is 5.82 Å². The fraction of sp³-hybridized carbons (Fsp3) is 0.278. The molecule has 0 atom stereocenters. The van der Waals surface area contributed by atoms with E-state index in [1.165, 1.54) is 38.5 Å². The van der Waals surface area contributed by atoms with Crippen LogP contribution in [0.3, 0.4) is 0 Å². The Morgan fingerprint density at radius 3 is 2.19 bits per heavy atom. The molecule has 146 valence electrons. The maximum absolute atomic E-state index is 14.0. The first-order valence-corrected chi connectivity index (χ1v) is 9.86. The zero-order valence-corrected chi connectivity index (χ0v) is 16.0. The van der Waals surface area contributed by atoms with Gasteiger partial charge in [0.15, 0.2) is 0 Å². The number of sulfonamides is 1. The van der Waals surface area contributed by atoms with E-state index >= 15 is 0 Å². The molecule has 0 spiro atoms. The van der Waals surface area contributed by atoms with Gasteiger partial charge in [0.25, 0.3) is 5.91 Å². The van der Waals surface area contributed by atoms with Crippen LogP contribution in [0.4, 0.5) is 10.1 Å². The Bertz CT molecular complexity index is 895. The number of nitrogens with one attached hydrogen (secondary N) is 1. The minimum absolute atomic E-state index is 0.0402. The first-order valence-electron chi connectivity index (χ1n) is 8.01. The Balaban J connectivity index is 2.17. The predicted octanol–water partition coefficient (Wildman–Crippen LogP) is 2.04. The van der Waals surface area contributed by atoms with E-state index in [0.717, 1.165) is 10.6 Å². The third kappa shape index (κ3) is 4.88. The smallest absolute Gasteiger partial charge is 0.258 e. The number of benzene rings is 2. The van der Waals surface area contributed by atoms with Crippen molar-refractivity contribution in [2.24, 2.45) is 0 Å². The summed E-state index contributed by atoms with van der Waals surface area (Å²) in [6.07, 6.45) is 0.977. The topological polar surface area (TPSA) is 84.9 Å². The standard InChI is InChI=1S/C18H21FN2O5S/c1-25-15-9-6-10-16(26-2)17(15)18(22)20-11-12-21(27(3,23)24)14-8-5-4-7-13(14)19/h4-10H,11-12H2,1-3H3,(H,20,22). The summed E-state index contributed by atoms with van der Waals surface area (Å²) in [5.74, 6) is -0.520. The third-order valence-corrected chi connectivity index (χ3v) is 4.96. The van der Waals surface area contributed by atoms with Gasteiger partial charge in [-0.3, -0.25) is 9.10 Å². The van der Waals surface area contributed by atoms with Crippen molar-refractivity contribution in [2.75, 3.05) is 37.9 Å². The fourth-order valence-corrected chi connectivity index (χ4v) is 3.48. The van der Waals surface area contributed by atoms with Crippen LogP contribution in [-0.2, 0) is 10.0 Å². The van der Waals surface area contributed by atoms with Crippen molar-refractivity contribution < 1.29 is 27.1 Å². The number of rotatable bonds is 8. The molecular formula is C18H21FN2O5S. The summed E-state index contributed by atoms with van der Waals surface area (Å²) in [5, 5.41) is 2.61. The number of carbonyl (C=O) groups is 1. The molecular weight excluding hydrogens is 375 g/mol. The number of halogens is 1. The predicted molar refractivity (Wildman–Crippen MR) is 100 cm³/mol. The Labute approximate surface area is 157 Å². The Hall–Kier alpha value is -2.81. The first-order chi connectivity index (χ1) is 12.8. The van der Waals surface area contributed by atoms with Crippen LogP contribution in [0.25, 0.3) is 0 Å². The quantitative estimate of drug-likeness (QED) is 0.738. The Morgan fingerprint density at radius 2 is 1.67 bits per heavy atom. The number of hydrogen-bond donors (Lipinski definition) is 1. The van der Waals surface area contributed by atoms with Gasteiger partial charge in [0.2, 0.25) is 10.0 Å². The number of amides is 1. The molecule has 0 aliphatic carbocycles. The van der Waals surface area contributed by atoms with E-state index in [-0.39, 0.29) is 24.3 Å². The second kappa shape index (κ2) is 8.72. The van der Waals surface area contributed by atoms with Crippen molar-refractivity contribution >= 4 is 21.6 Å². The van der Waals surface area contributed by atoms with Crippen molar-refractivity contribution in [3.8, 4) is 11.5 Å². The average Bonchev–Trinajstić information content (AvgIpc) is 2.64. The molecule has 27 heavy (non-hydrogen) atoms. The molecule has 0 radical (unpaired) electrons. The van der Waals surface area contributed by atoms with Crippen LogP contribution in [0.5, 0.6) is 11.5 Å². The zero-order valence-electron chi connectivity index (χ0n) is 15.2. The van der Waals surface area contributed by atoms with Gasteiger partial charge in [0, 0.05) is 6.54 Å². The molecule has 2 aromatic carbocycles. The van der Waals surface area contributed by atoms with Gasteiger partial charge in [0.1, 0.15) is 22.9 Å². The van der Waals surface area contributed by atoms with Crippen molar-refractivity contribution in [3.05, 3.63) is 53.8 Å². The molecule has 0 aromatic heterocycles. The van der Waals surface area contributed by atoms with E-state index in [0.29, 0.717) is 11.5 Å². The molecule has 0 fully saturated rings. The molecule has 0 heterocycles. The maximum atomic E-state index is 14.0. The van der Waals surface area contributed by atoms with Crippen molar-refractivity contribution in [1.82, 2.24) is 5.32 Å². The molecule has 0 saturated heterocycles. The molecule has 1 amide bonds. The van der Waals surface area contributed by atoms with Crippen LogP contribution < -0.4 is 19.1 Å². The lowest BCUT2D eigenvalue weighted by molar-refractivity contribution is 0.0948. The van der Waals surface area contributed by atoms with E-state index in [9.17, 15) is 17.6 Å². The van der Waals surface area contributed by atoms with Crippen LogP contribution in [-0.4, -0.2) is 47.9 Å². The monoisotopic (exact) mass is 396 g/mol. The van der Waals surface area contributed by atoms with Crippen molar-refractivity contribution in [2.45, 2.75) is 0 Å². The van der Waals surface area contributed by atoms with Gasteiger partial charge in [-0.1, -0.05) is 18.2 Å². The molecule has 0 aliphatic rings. The average molecular weight is 396 g/mol. The lowest BCUT2D eigenvalue weighted by Gasteiger charge is -2.23. The lowest BCUT2D eigenvalue weighted by Crippen LogP contribution is -2.38. The van der Waals surface area contributed by atoms with Crippen LogP contribution >= 0.6 is 0 Å². The number of hydrogen-bond acceptors (Lipinski definition) is 5. The molecule has 2 rings (SSSR count). The Morgan fingerprint density at radius 1 is 1.07 bits per heavy atom. The second-order valence-corrected chi connectivity index (χ2v) is 7.49. The SMILES string of the molecule is COc1cccc(OC)c1C(=O)NCCN(c1ccccc1F)S(C)(=O)=O. The van der Waals surface area contributed by atoms with E-state index in [2.05, 4.69) is 5.32 Å². The summed E-state index contributed by atoms with van der Waals surface area (Å²) in [6, 6.07) is 10.4. The maximum Gasteiger partial charge on any atom is 0.258 e. The molecule has 9 heteroatoms. The molecule has 0 unspecified atom stereocenters. The highest BCUT2D eigenvalue weighted by Gasteiger charge is 2.22. The van der Waals surface area contributed by atoms with Gasteiger partial charge in [-0.05, 0) is 24.3 Å². The van der Waals surface area contributed by atoms with Gasteiger partial charge in [0.05, 0.1) is 32.7 Å². The van der Waals surface area contributed by atoms with Gasteiger partial charge in [-0.15, -0.1) is 0 Å². The van der Waals surface area contributed by atoms with Gasteiger partial charge < -0.3 is 14.8 Å². The van der Waals surface area contributed by atoms with Crippen LogP contribution in [0.2, 0.25) is 0 Å². The number of carbonyl (C=O) groups excluding carboxylic acids is 1. The zero-order chi connectivity index (χ0) is 20.0. The van der Waals surface area contributed by atoms with E-state index < -0.39 is 21.7 Å². The first kappa shape index (κ1) is 20.5. The summed E-state index contributed by atoms with van der Waals surface area (Å²) in [5.41, 5.74) is 0.114. The molecule has 7 nitrogen and oxygen atoms in total. The number of nitrogens with zero attached hydrogens (tertiary/aromatic N) is 1. The summed E-state index contributed by atoms with van der Waals surface area (Å²) < 4.78 is 49.3. The van der Waals surface area contributed by atoms with E-state index in [4.69, 9.17) is 9.47 Å². The van der Waals surface area contributed by atoms with Crippen LogP contribution in [0.1, 0.15) is 10.4 Å². The van der Waals surface area contributed by atoms with Crippen molar-refractivity contribution in [1.29, 1.82) is 0 Å². The molecule has 0 aliphatic heterocycles. The number of anilines is 1. The third-order valence-electron chi connectivity index (χ3n) is 3.78. The highest BCUT2D eigenvalue weighted by Crippen LogP contribution is 2.28. The minimum Gasteiger partial charge on any atom is -0.496 e. The van der Waals surface area contributed by atoms with E-state index in [1.807, 2.05) is 0 Å². The number of methoxy groups -OCH3 is 2. The number of para-hydroxylation sites is 1. The van der Waals surface area contributed by atoms with E-state index in [1.54, 1.807) is 18.2 Å². The summed E-state index contributed by atoms with van der Waals surface area (Å²) in [4.78, 5) is 12.5. The van der Waals surface area contributed by atoms with Crippen LogP contribution in [0.15, 0.2) is 42.5 Å². The highest BCUT2D eigenvalue weighted by molar-refractivity contribution is 7.92. The summed E-state index contributed by atoms with van der Waals surface area (Å²) in [7, 11) is -0.885. The van der Waals surface area contributed by atoms with Gasteiger partial charge >= 0.3 is 0 Å². The van der Waals surface area contributed by atoms with Gasteiger partial charge in [-0.25, -0.2) is 12.8 Å². The largest absolute Gasteiger partial charge is 0.496 e. The summed E-state index contributed by atoms with van der Waals surface area (Å²) >= 11 is 0. The van der Waals surface area contributed by atoms with Gasteiger partial charge in [-0.2, -0.15) is 0 Å². The van der Waals surface area contributed by atoms with Crippen molar-refractivity contribution in [3.63, 3.8) is 0 Å². The molecule has 0 bridgehead atoms. The molecule has 1 N–H and O–H groups in total.